The second-order valence-electron chi connectivity index (χ2n) is 6.71. The van der Waals surface area contributed by atoms with Gasteiger partial charge in [0, 0.05) is 18.2 Å². The summed E-state index contributed by atoms with van der Waals surface area (Å²) in [5.41, 5.74) is 1.24. The normalized spacial score (nSPS) is 16.3. The Morgan fingerprint density at radius 1 is 1.19 bits per heavy atom. The number of carboxylic acid groups (broad SMARTS) is 1. The van der Waals surface area contributed by atoms with Gasteiger partial charge in [0.25, 0.3) is 5.91 Å². The molecule has 1 fully saturated rings. The monoisotopic (exact) mass is 486 g/mol. The van der Waals surface area contributed by atoms with Gasteiger partial charge in [0.2, 0.25) is 0 Å². The van der Waals surface area contributed by atoms with Crippen LogP contribution in [0.5, 0.6) is 0 Å². The molecular formula is C23H16Cl2N2O4S. The zero-order valence-corrected chi connectivity index (χ0v) is 19.0. The van der Waals surface area contributed by atoms with Gasteiger partial charge in [0.1, 0.15) is 11.5 Å². The van der Waals surface area contributed by atoms with Gasteiger partial charge in [-0.2, -0.15) is 0 Å². The van der Waals surface area contributed by atoms with Crippen LogP contribution < -0.4 is 0 Å². The molecule has 1 aliphatic heterocycles. The number of carboxylic acids is 1. The molecule has 1 N–H and O–H groups in total. The molecule has 3 aromatic rings. The molecule has 1 amide bonds. The zero-order chi connectivity index (χ0) is 22.8. The molecule has 6 nitrogen and oxygen atoms in total. The molecule has 1 aromatic heterocycles. The number of benzene rings is 2. The van der Waals surface area contributed by atoms with Gasteiger partial charge in [0.15, 0.2) is 5.17 Å². The van der Waals surface area contributed by atoms with E-state index < -0.39 is 5.97 Å². The number of rotatable bonds is 5. The Balaban J connectivity index is 1.63. The summed E-state index contributed by atoms with van der Waals surface area (Å²) in [6.45, 7) is 2.26. The fraction of sp³-hybridized carbons (Fsp3) is 0.0870. The predicted octanol–water partition coefficient (Wildman–Crippen LogP) is 6.58. The van der Waals surface area contributed by atoms with Gasteiger partial charge in [-0.1, -0.05) is 35.3 Å². The molecule has 9 heteroatoms. The van der Waals surface area contributed by atoms with E-state index in [-0.39, 0.29) is 11.5 Å². The van der Waals surface area contributed by atoms with E-state index in [1.807, 2.05) is 6.92 Å². The number of furan rings is 1. The summed E-state index contributed by atoms with van der Waals surface area (Å²) in [5, 5.41) is 10.5. The van der Waals surface area contributed by atoms with E-state index >= 15 is 0 Å². The summed E-state index contributed by atoms with van der Waals surface area (Å²) in [5.74, 6) is -0.225. The highest BCUT2D eigenvalue weighted by atomic mass is 35.5. The van der Waals surface area contributed by atoms with Gasteiger partial charge in [-0.15, -0.1) is 0 Å². The molecule has 1 saturated heterocycles. The lowest BCUT2D eigenvalue weighted by Gasteiger charge is -2.12. The summed E-state index contributed by atoms with van der Waals surface area (Å²) in [7, 11) is 0. The Bertz CT molecular complexity index is 1280. The SMILES string of the molecule is CCN1C(=O)C(=Cc2ccc(-c3cccc(Cl)c3Cl)o2)SC1=Nc1cccc(C(=O)O)c1. The third kappa shape index (κ3) is 4.46. The number of likely N-dealkylation sites (N-methyl/N-ethyl adjacent to an activating group) is 1. The summed E-state index contributed by atoms with van der Waals surface area (Å²) < 4.78 is 5.87. The molecule has 1 aliphatic rings. The van der Waals surface area contributed by atoms with Gasteiger partial charge in [-0.25, -0.2) is 9.79 Å². The van der Waals surface area contributed by atoms with Crippen LogP contribution in [0.15, 0.2) is 68.9 Å². The number of thioether (sulfide) groups is 1. The van der Waals surface area contributed by atoms with Crippen molar-refractivity contribution in [2.75, 3.05) is 6.54 Å². The van der Waals surface area contributed by atoms with E-state index in [2.05, 4.69) is 4.99 Å². The van der Waals surface area contributed by atoms with Crippen LogP contribution in [0.3, 0.4) is 0 Å². The standard InChI is InChI=1S/C23H16Cl2N2O4S/c1-2-27-21(28)19(32-23(27)26-14-6-3-5-13(11-14)22(29)30)12-15-9-10-18(31-15)16-7-4-8-17(24)20(16)25/h3-12H,2H2,1H3,(H,29,30). The Kier molecular flexibility index (Phi) is 6.41. The van der Waals surface area contributed by atoms with Crippen molar-refractivity contribution in [1.29, 1.82) is 0 Å². The third-order valence-corrected chi connectivity index (χ3v) is 6.46. The zero-order valence-electron chi connectivity index (χ0n) is 16.7. The number of nitrogens with zero attached hydrogens (tertiary/aromatic N) is 2. The Hall–Kier alpha value is -3.00. The fourth-order valence-electron chi connectivity index (χ4n) is 3.09. The minimum Gasteiger partial charge on any atom is -0.478 e. The van der Waals surface area contributed by atoms with Gasteiger partial charge in [-0.05, 0) is 61.2 Å². The number of aromatic carboxylic acids is 1. The molecule has 2 heterocycles. The number of carbonyl (C=O) groups is 2. The third-order valence-electron chi connectivity index (χ3n) is 4.64. The van der Waals surface area contributed by atoms with Crippen LogP contribution in [0.25, 0.3) is 17.4 Å². The van der Waals surface area contributed by atoms with Crippen molar-refractivity contribution in [2.24, 2.45) is 4.99 Å². The summed E-state index contributed by atoms with van der Waals surface area (Å²) >= 11 is 13.6. The van der Waals surface area contributed by atoms with E-state index in [0.29, 0.717) is 49.4 Å². The van der Waals surface area contributed by atoms with Crippen molar-refractivity contribution in [1.82, 2.24) is 4.90 Å². The van der Waals surface area contributed by atoms with Crippen LogP contribution in [0.4, 0.5) is 5.69 Å². The molecule has 0 bridgehead atoms. The van der Waals surface area contributed by atoms with Crippen LogP contribution >= 0.6 is 35.0 Å². The first-order valence-electron chi connectivity index (χ1n) is 9.55. The van der Waals surface area contributed by atoms with E-state index in [0.717, 1.165) is 0 Å². The molecule has 32 heavy (non-hydrogen) atoms. The fourth-order valence-corrected chi connectivity index (χ4v) is 4.52. The first kappa shape index (κ1) is 22.2. The average Bonchev–Trinajstić information content (AvgIpc) is 3.35. The van der Waals surface area contributed by atoms with Crippen molar-refractivity contribution in [2.45, 2.75) is 6.92 Å². The number of halogens is 2. The number of amides is 1. The van der Waals surface area contributed by atoms with Gasteiger partial charge in [-0.3, -0.25) is 9.69 Å². The van der Waals surface area contributed by atoms with Gasteiger partial charge >= 0.3 is 5.97 Å². The molecular weight excluding hydrogens is 471 g/mol. The lowest BCUT2D eigenvalue weighted by atomic mass is 10.2. The quantitative estimate of drug-likeness (QED) is 0.412. The highest BCUT2D eigenvalue weighted by Crippen LogP contribution is 2.37. The van der Waals surface area contributed by atoms with Crippen LogP contribution in [-0.4, -0.2) is 33.6 Å². The molecule has 2 aromatic carbocycles. The maximum absolute atomic E-state index is 12.9. The van der Waals surface area contributed by atoms with Crippen LogP contribution in [-0.2, 0) is 4.79 Å². The van der Waals surface area contributed by atoms with E-state index in [1.165, 1.54) is 28.8 Å². The van der Waals surface area contributed by atoms with Crippen molar-refractivity contribution < 1.29 is 19.1 Å². The summed E-state index contributed by atoms with van der Waals surface area (Å²) in [6, 6.07) is 15.0. The summed E-state index contributed by atoms with van der Waals surface area (Å²) in [6.07, 6.45) is 1.65. The minimum absolute atomic E-state index is 0.128. The van der Waals surface area contributed by atoms with Crippen molar-refractivity contribution in [3.63, 3.8) is 0 Å². The van der Waals surface area contributed by atoms with Crippen molar-refractivity contribution >= 4 is 63.8 Å². The molecule has 0 atom stereocenters. The average molecular weight is 487 g/mol. The maximum atomic E-state index is 12.9. The molecule has 0 aliphatic carbocycles. The Labute approximate surface area is 198 Å². The number of hydrogen-bond acceptors (Lipinski definition) is 5. The lowest BCUT2D eigenvalue weighted by molar-refractivity contribution is -0.122. The number of carbonyl (C=O) groups excluding carboxylic acids is 1. The molecule has 0 saturated carbocycles. The largest absolute Gasteiger partial charge is 0.478 e. The Morgan fingerprint density at radius 3 is 2.72 bits per heavy atom. The number of hydrogen-bond donors (Lipinski definition) is 1. The maximum Gasteiger partial charge on any atom is 0.335 e. The smallest absolute Gasteiger partial charge is 0.335 e. The van der Waals surface area contributed by atoms with Crippen LogP contribution in [0.1, 0.15) is 23.0 Å². The van der Waals surface area contributed by atoms with Gasteiger partial charge in [0.05, 0.1) is 26.2 Å². The topological polar surface area (TPSA) is 83.1 Å². The van der Waals surface area contributed by atoms with E-state index in [9.17, 15) is 14.7 Å². The molecule has 162 valence electrons. The van der Waals surface area contributed by atoms with Crippen molar-refractivity contribution in [3.05, 3.63) is 80.9 Å². The lowest BCUT2D eigenvalue weighted by Crippen LogP contribution is -2.28. The van der Waals surface area contributed by atoms with E-state index in [1.54, 1.807) is 48.5 Å². The van der Waals surface area contributed by atoms with Gasteiger partial charge < -0.3 is 9.52 Å². The first-order chi connectivity index (χ1) is 15.4. The highest BCUT2D eigenvalue weighted by molar-refractivity contribution is 8.18. The predicted molar refractivity (Wildman–Crippen MR) is 128 cm³/mol. The summed E-state index contributed by atoms with van der Waals surface area (Å²) in [4.78, 5) is 30.5. The second kappa shape index (κ2) is 9.24. The first-order valence-corrected chi connectivity index (χ1v) is 11.1. The number of amidine groups is 1. The van der Waals surface area contributed by atoms with Crippen LogP contribution in [0, 0.1) is 0 Å². The van der Waals surface area contributed by atoms with E-state index in [4.69, 9.17) is 27.6 Å². The molecule has 4 rings (SSSR count). The Morgan fingerprint density at radius 2 is 1.97 bits per heavy atom. The molecule has 0 unspecified atom stereocenters. The number of aliphatic imine (C=N–C) groups is 1. The molecule has 0 spiro atoms. The second-order valence-corrected chi connectivity index (χ2v) is 8.51. The van der Waals surface area contributed by atoms with Crippen molar-refractivity contribution in [3.8, 4) is 11.3 Å². The minimum atomic E-state index is -1.04. The van der Waals surface area contributed by atoms with Crippen LogP contribution in [0.2, 0.25) is 10.0 Å². The molecule has 0 radical (unpaired) electrons. The highest BCUT2D eigenvalue weighted by Gasteiger charge is 2.32.